The molecular formula is C8H18Si. The predicted octanol–water partition coefficient (Wildman–Crippen LogP) is 1.84. The fourth-order valence-electron chi connectivity index (χ4n) is 0.887. The zero-order chi connectivity index (χ0) is 7.11. The summed E-state index contributed by atoms with van der Waals surface area (Å²) in [4.78, 5) is 0. The van der Waals surface area contributed by atoms with E-state index in [0.717, 1.165) is 0 Å². The van der Waals surface area contributed by atoms with Crippen molar-refractivity contribution in [1.29, 1.82) is 0 Å². The molecule has 0 saturated heterocycles. The molecule has 0 fully saturated rings. The average Bonchev–Trinajstić information content (AvgIpc) is 1.85. The quantitative estimate of drug-likeness (QED) is 0.525. The van der Waals surface area contributed by atoms with Crippen LogP contribution in [0.3, 0.4) is 0 Å². The lowest BCUT2D eigenvalue weighted by Crippen LogP contribution is -1.80. The smallest absolute Gasteiger partial charge is 0.0328 e. The van der Waals surface area contributed by atoms with Crippen LogP contribution < -0.4 is 0 Å². The van der Waals surface area contributed by atoms with E-state index in [-0.39, 0.29) is 0 Å². The molecule has 0 radical (unpaired) electrons. The molecule has 0 aromatic carbocycles. The number of unbranched alkanes of at least 4 members (excludes halogenated alkanes) is 1. The Bertz CT molecular complexity index is 84.6. The van der Waals surface area contributed by atoms with Gasteiger partial charge in [0, 0.05) is 10.2 Å². The summed E-state index contributed by atoms with van der Waals surface area (Å²) in [5.41, 5.74) is 0. The summed E-state index contributed by atoms with van der Waals surface area (Å²) in [6.45, 7) is 4.48. The van der Waals surface area contributed by atoms with Crippen LogP contribution >= 0.6 is 0 Å². The fourth-order valence-corrected chi connectivity index (χ4v) is 1.68. The van der Waals surface area contributed by atoms with E-state index in [1.807, 2.05) is 0 Å². The molecule has 0 atom stereocenters. The largest absolute Gasteiger partial charge is 0.0957 e. The maximum atomic E-state index is 2.41. The molecule has 0 heterocycles. The van der Waals surface area contributed by atoms with Gasteiger partial charge >= 0.3 is 0 Å². The van der Waals surface area contributed by atoms with Crippen LogP contribution in [0, 0.1) is 0 Å². The summed E-state index contributed by atoms with van der Waals surface area (Å²) < 4.78 is 0. The Labute approximate surface area is 61.8 Å². The molecule has 0 saturated carbocycles. The molecule has 0 amide bonds. The van der Waals surface area contributed by atoms with Gasteiger partial charge in [0.05, 0.1) is 0 Å². The van der Waals surface area contributed by atoms with Gasteiger partial charge in [-0.1, -0.05) is 38.0 Å². The van der Waals surface area contributed by atoms with Crippen LogP contribution in [0.2, 0.25) is 0 Å². The Kier molecular flexibility index (Phi) is 6.05. The molecule has 1 heteroatoms. The second-order valence-electron chi connectivity index (χ2n) is 2.59. The highest BCUT2D eigenvalue weighted by Crippen LogP contribution is 2.01. The highest BCUT2D eigenvalue weighted by Gasteiger charge is 1.83. The van der Waals surface area contributed by atoms with E-state index in [1.165, 1.54) is 35.9 Å². The molecule has 0 N–H and O–H groups in total. The molecule has 0 unspecified atom stereocenters. The van der Waals surface area contributed by atoms with Crippen LogP contribution in [0.1, 0.15) is 39.5 Å². The van der Waals surface area contributed by atoms with Gasteiger partial charge in [-0.2, -0.15) is 0 Å². The highest BCUT2D eigenvalue weighted by molar-refractivity contribution is 6.21. The van der Waals surface area contributed by atoms with Crippen molar-refractivity contribution < 1.29 is 0 Å². The fraction of sp³-hybridized carbons (Fsp3) is 0.750. The topological polar surface area (TPSA) is 0 Å². The van der Waals surface area contributed by atoms with Gasteiger partial charge in [0.1, 0.15) is 0 Å². The second-order valence-corrected chi connectivity index (χ2v) is 3.87. The van der Waals surface area contributed by atoms with Crippen LogP contribution in [-0.4, -0.2) is 10.2 Å². The van der Waals surface area contributed by atoms with Crippen LogP contribution in [0.4, 0.5) is 0 Å². The van der Waals surface area contributed by atoms with E-state index in [4.69, 9.17) is 0 Å². The van der Waals surface area contributed by atoms with E-state index >= 15 is 0 Å². The van der Waals surface area contributed by atoms with Crippen molar-refractivity contribution in [3.8, 4) is 0 Å². The summed E-state index contributed by atoms with van der Waals surface area (Å²) in [6, 6.07) is 0. The number of allylic oxidation sites excluding steroid dienone is 2. The minimum atomic E-state index is 1.27. The minimum absolute atomic E-state index is 1.27. The third-order valence-corrected chi connectivity index (χ3v) is 2.33. The maximum absolute atomic E-state index is 2.41. The minimum Gasteiger partial charge on any atom is -0.0957 e. The number of hydrogen-bond acceptors (Lipinski definition) is 0. The Balaban J connectivity index is 3.30. The normalized spacial score (nSPS) is 12.4. The van der Waals surface area contributed by atoms with Crippen molar-refractivity contribution in [3.05, 3.63) is 11.3 Å². The van der Waals surface area contributed by atoms with E-state index in [1.54, 1.807) is 5.20 Å². The Morgan fingerprint density at radius 2 is 2.00 bits per heavy atom. The standard InChI is InChI=1S/C8H18Si/c1-3-5-7-8(9)6-4-2/h7H,3-6H2,1-2,9H3. The summed E-state index contributed by atoms with van der Waals surface area (Å²) in [7, 11) is 1.27. The van der Waals surface area contributed by atoms with Crippen LogP contribution in [0.15, 0.2) is 11.3 Å². The maximum Gasteiger partial charge on any atom is 0.0328 e. The van der Waals surface area contributed by atoms with Crippen molar-refractivity contribution in [2.45, 2.75) is 39.5 Å². The molecule has 0 bridgehead atoms. The van der Waals surface area contributed by atoms with Crippen molar-refractivity contribution in [2.24, 2.45) is 0 Å². The molecule has 0 spiro atoms. The molecule has 0 aromatic rings. The SMILES string of the molecule is CCCC=C([SiH3])CCC. The van der Waals surface area contributed by atoms with Gasteiger partial charge in [0.15, 0.2) is 0 Å². The first-order chi connectivity index (χ1) is 4.31. The summed E-state index contributed by atoms with van der Waals surface area (Å²) in [6.07, 6.45) is 7.66. The van der Waals surface area contributed by atoms with Gasteiger partial charge in [-0.05, 0) is 12.8 Å². The molecule has 9 heavy (non-hydrogen) atoms. The van der Waals surface area contributed by atoms with Crippen molar-refractivity contribution in [1.82, 2.24) is 0 Å². The predicted molar refractivity (Wildman–Crippen MR) is 47.8 cm³/mol. The van der Waals surface area contributed by atoms with E-state index in [0.29, 0.717) is 0 Å². The van der Waals surface area contributed by atoms with Crippen LogP contribution in [0.25, 0.3) is 0 Å². The number of hydrogen-bond donors (Lipinski definition) is 0. The Morgan fingerprint density at radius 3 is 2.44 bits per heavy atom. The third kappa shape index (κ3) is 5.83. The van der Waals surface area contributed by atoms with E-state index in [9.17, 15) is 0 Å². The molecular weight excluding hydrogens is 124 g/mol. The Hall–Kier alpha value is -0.0431. The van der Waals surface area contributed by atoms with E-state index in [2.05, 4.69) is 19.9 Å². The van der Waals surface area contributed by atoms with Gasteiger partial charge in [-0.3, -0.25) is 0 Å². The second kappa shape index (κ2) is 6.08. The zero-order valence-corrected chi connectivity index (χ0v) is 8.91. The van der Waals surface area contributed by atoms with Crippen LogP contribution in [0.5, 0.6) is 0 Å². The average molecular weight is 142 g/mol. The van der Waals surface area contributed by atoms with Gasteiger partial charge < -0.3 is 0 Å². The number of rotatable bonds is 4. The first kappa shape index (κ1) is 8.96. The third-order valence-electron chi connectivity index (χ3n) is 1.43. The lowest BCUT2D eigenvalue weighted by molar-refractivity contribution is 0.910. The lowest BCUT2D eigenvalue weighted by atomic mass is 10.2. The zero-order valence-electron chi connectivity index (χ0n) is 6.91. The molecule has 0 rings (SSSR count). The summed E-state index contributed by atoms with van der Waals surface area (Å²) >= 11 is 0. The Morgan fingerprint density at radius 1 is 1.33 bits per heavy atom. The molecule has 0 aromatic heterocycles. The molecule has 0 aliphatic carbocycles. The molecule has 0 aliphatic heterocycles. The summed E-state index contributed by atoms with van der Waals surface area (Å²) in [5.74, 6) is 0. The van der Waals surface area contributed by atoms with Gasteiger partial charge in [0.25, 0.3) is 0 Å². The molecule has 0 aliphatic rings. The van der Waals surface area contributed by atoms with Crippen LogP contribution in [-0.2, 0) is 0 Å². The van der Waals surface area contributed by atoms with E-state index < -0.39 is 0 Å². The van der Waals surface area contributed by atoms with Gasteiger partial charge in [0.2, 0.25) is 0 Å². The first-order valence-corrected chi connectivity index (χ1v) is 4.96. The lowest BCUT2D eigenvalue weighted by Gasteiger charge is -1.95. The first-order valence-electron chi connectivity index (χ1n) is 3.96. The highest BCUT2D eigenvalue weighted by atomic mass is 28.1. The van der Waals surface area contributed by atoms with Crippen molar-refractivity contribution in [2.75, 3.05) is 0 Å². The molecule has 0 nitrogen and oxygen atoms in total. The van der Waals surface area contributed by atoms with Gasteiger partial charge in [-0.25, -0.2) is 0 Å². The van der Waals surface area contributed by atoms with Crippen molar-refractivity contribution >= 4 is 10.2 Å². The molecule has 54 valence electrons. The van der Waals surface area contributed by atoms with Gasteiger partial charge in [-0.15, -0.1) is 0 Å². The summed E-state index contributed by atoms with van der Waals surface area (Å²) in [5, 5.41) is 1.69. The monoisotopic (exact) mass is 142 g/mol. The van der Waals surface area contributed by atoms with Crippen molar-refractivity contribution in [3.63, 3.8) is 0 Å².